The maximum Gasteiger partial charge on any atom is 0.257 e. The van der Waals surface area contributed by atoms with Crippen molar-refractivity contribution in [3.63, 3.8) is 0 Å². The topological polar surface area (TPSA) is 46.4 Å². The Kier molecular flexibility index (Phi) is 5.15. The van der Waals surface area contributed by atoms with E-state index in [1.165, 1.54) is 15.3 Å². The third-order valence-electron chi connectivity index (χ3n) is 4.51. The predicted molar refractivity (Wildman–Crippen MR) is 108 cm³/mol. The van der Waals surface area contributed by atoms with Gasteiger partial charge in [-0.2, -0.15) is 0 Å². The van der Waals surface area contributed by atoms with Crippen molar-refractivity contribution >= 4 is 38.3 Å². The second-order valence-electron chi connectivity index (χ2n) is 6.44. The number of benzene rings is 2. The predicted octanol–water partition coefficient (Wildman–Crippen LogP) is 3.30. The summed E-state index contributed by atoms with van der Waals surface area (Å²) in [6.07, 6.45) is 0.959. The number of anilines is 1. The summed E-state index contributed by atoms with van der Waals surface area (Å²) in [7, 11) is 0. The Balaban J connectivity index is 1.43. The molecule has 0 spiro atoms. The van der Waals surface area contributed by atoms with Gasteiger partial charge in [0.25, 0.3) is 5.91 Å². The lowest BCUT2D eigenvalue weighted by Crippen LogP contribution is -3.10. The van der Waals surface area contributed by atoms with Crippen molar-refractivity contribution in [2.75, 3.05) is 11.9 Å². The van der Waals surface area contributed by atoms with Gasteiger partial charge >= 0.3 is 0 Å². The van der Waals surface area contributed by atoms with E-state index in [4.69, 9.17) is 0 Å². The van der Waals surface area contributed by atoms with Crippen molar-refractivity contribution in [2.45, 2.75) is 19.5 Å². The molecule has 1 aliphatic heterocycles. The number of hydrogen-bond donors (Lipinski definition) is 2. The molecule has 4 rings (SSSR count). The van der Waals surface area contributed by atoms with E-state index in [0.717, 1.165) is 36.2 Å². The number of carbonyl (C=O) groups excluding carboxylic acids is 1. The fourth-order valence-electron chi connectivity index (χ4n) is 3.22. The van der Waals surface area contributed by atoms with Crippen LogP contribution in [-0.4, -0.2) is 17.4 Å². The van der Waals surface area contributed by atoms with Gasteiger partial charge in [-0.25, -0.2) is 4.98 Å². The first kappa shape index (κ1) is 17.4. The van der Waals surface area contributed by atoms with E-state index in [2.05, 4.69) is 56.6 Å². The average Bonchev–Trinajstić information content (AvgIpc) is 3.04. The van der Waals surface area contributed by atoms with E-state index in [1.54, 1.807) is 17.4 Å². The lowest BCUT2D eigenvalue weighted by atomic mass is 10.1. The van der Waals surface area contributed by atoms with Crippen LogP contribution in [0.4, 0.5) is 5.13 Å². The standard InChI is InChI=1S/C20H18BrN3OS/c21-16-8-4-7-15(11-16)19(25)23-20-22-17-9-10-24(13-18(17)26-20)12-14-5-2-1-3-6-14/h1-8,11H,9-10,12-13H2,(H,22,23,25)/p+1. The molecule has 132 valence electrons. The van der Waals surface area contributed by atoms with Crippen LogP contribution in [-0.2, 0) is 19.5 Å². The normalized spacial score (nSPS) is 16.1. The maximum atomic E-state index is 12.4. The quantitative estimate of drug-likeness (QED) is 0.669. The Bertz CT molecular complexity index is 926. The number of halogens is 1. The number of fused-ring (bicyclic) bond motifs is 1. The summed E-state index contributed by atoms with van der Waals surface area (Å²) < 4.78 is 0.892. The van der Waals surface area contributed by atoms with Crippen LogP contribution in [0.15, 0.2) is 59.1 Å². The molecule has 4 nitrogen and oxygen atoms in total. The number of nitrogens with zero attached hydrogens (tertiary/aromatic N) is 1. The van der Waals surface area contributed by atoms with E-state index >= 15 is 0 Å². The van der Waals surface area contributed by atoms with Crippen LogP contribution in [0.2, 0.25) is 0 Å². The highest BCUT2D eigenvalue weighted by atomic mass is 79.9. The van der Waals surface area contributed by atoms with Crippen LogP contribution in [0, 0.1) is 0 Å². The largest absolute Gasteiger partial charge is 0.326 e. The molecule has 1 unspecified atom stereocenters. The van der Waals surface area contributed by atoms with Gasteiger partial charge < -0.3 is 4.90 Å². The molecule has 1 amide bonds. The van der Waals surface area contributed by atoms with E-state index in [1.807, 2.05) is 18.2 Å². The fourth-order valence-corrected chi connectivity index (χ4v) is 4.69. The summed E-state index contributed by atoms with van der Waals surface area (Å²) in [5, 5.41) is 3.64. The van der Waals surface area contributed by atoms with Crippen molar-refractivity contribution in [3.05, 3.63) is 80.8 Å². The van der Waals surface area contributed by atoms with E-state index in [-0.39, 0.29) is 5.91 Å². The van der Waals surface area contributed by atoms with Gasteiger partial charge in [-0.3, -0.25) is 10.1 Å². The Morgan fingerprint density at radius 3 is 2.85 bits per heavy atom. The first-order valence-electron chi connectivity index (χ1n) is 8.60. The van der Waals surface area contributed by atoms with E-state index in [9.17, 15) is 4.79 Å². The summed E-state index contributed by atoms with van der Waals surface area (Å²) in [5.74, 6) is -0.120. The Morgan fingerprint density at radius 1 is 1.19 bits per heavy atom. The van der Waals surface area contributed by atoms with Crippen molar-refractivity contribution in [2.24, 2.45) is 0 Å². The van der Waals surface area contributed by atoms with Gasteiger partial charge in [0.05, 0.1) is 17.1 Å². The zero-order chi connectivity index (χ0) is 17.9. The van der Waals surface area contributed by atoms with Crippen LogP contribution >= 0.6 is 27.3 Å². The number of nitrogens with one attached hydrogen (secondary N) is 2. The Morgan fingerprint density at radius 2 is 2.04 bits per heavy atom. The molecule has 3 aromatic rings. The molecule has 6 heteroatoms. The van der Waals surface area contributed by atoms with Crippen molar-refractivity contribution in [1.29, 1.82) is 0 Å². The number of carbonyl (C=O) groups is 1. The molecule has 1 aromatic heterocycles. The molecule has 1 aliphatic rings. The highest BCUT2D eigenvalue weighted by molar-refractivity contribution is 9.10. The van der Waals surface area contributed by atoms with E-state index < -0.39 is 0 Å². The van der Waals surface area contributed by atoms with Gasteiger partial charge in [0.15, 0.2) is 5.13 Å². The highest BCUT2D eigenvalue weighted by Crippen LogP contribution is 2.25. The number of quaternary nitrogens is 1. The van der Waals surface area contributed by atoms with Gasteiger partial charge in [0.1, 0.15) is 13.1 Å². The first-order chi connectivity index (χ1) is 12.7. The van der Waals surface area contributed by atoms with Crippen molar-refractivity contribution < 1.29 is 9.69 Å². The minimum atomic E-state index is -0.120. The molecule has 2 heterocycles. The Hall–Kier alpha value is -2.02. The monoisotopic (exact) mass is 428 g/mol. The summed E-state index contributed by atoms with van der Waals surface area (Å²) in [5.41, 5.74) is 3.12. The zero-order valence-electron chi connectivity index (χ0n) is 14.2. The van der Waals surface area contributed by atoms with Gasteiger partial charge in [0, 0.05) is 22.0 Å². The third-order valence-corrected chi connectivity index (χ3v) is 6.01. The van der Waals surface area contributed by atoms with Crippen LogP contribution in [0.5, 0.6) is 0 Å². The lowest BCUT2D eigenvalue weighted by molar-refractivity contribution is -0.929. The summed E-state index contributed by atoms with van der Waals surface area (Å²) in [4.78, 5) is 19.9. The second-order valence-corrected chi connectivity index (χ2v) is 8.44. The Labute approximate surface area is 165 Å². The molecule has 2 aromatic carbocycles. The highest BCUT2D eigenvalue weighted by Gasteiger charge is 2.24. The number of rotatable bonds is 4. The third kappa shape index (κ3) is 4.03. The second kappa shape index (κ2) is 7.70. The van der Waals surface area contributed by atoms with Gasteiger partial charge in [-0.15, -0.1) is 0 Å². The fraction of sp³-hybridized carbons (Fsp3) is 0.200. The van der Waals surface area contributed by atoms with Gasteiger partial charge in [0.2, 0.25) is 0 Å². The molecule has 0 saturated carbocycles. The molecule has 26 heavy (non-hydrogen) atoms. The molecule has 2 N–H and O–H groups in total. The van der Waals surface area contributed by atoms with Crippen LogP contribution in [0.1, 0.15) is 26.5 Å². The van der Waals surface area contributed by atoms with Crippen LogP contribution in [0.3, 0.4) is 0 Å². The number of hydrogen-bond acceptors (Lipinski definition) is 3. The summed E-state index contributed by atoms with van der Waals surface area (Å²) >= 11 is 5.00. The molecule has 0 bridgehead atoms. The smallest absolute Gasteiger partial charge is 0.257 e. The first-order valence-corrected chi connectivity index (χ1v) is 10.2. The van der Waals surface area contributed by atoms with Gasteiger partial charge in [-0.1, -0.05) is 63.7 Å². The van der Waals surface area contributed by atoms with E-state index in [0.29, 0.717) is 10.7 Å². The molecule has 0 radical (unpaired) electrons. The SMILES string of the molecule is O=C(Nc1nc2c(s1)C[NH+](Cc1ccccc1)CC2)c1cccc(Br)c1. The molecule has 1 atom stereocenters. The zero-order valence-corrected chi connectivity index (χ0v) is 16.6. The number of aromatic nitrogens is 1. The number of amides is 1. The van der Waals surface area contributed by atoms with Crippen molar-refractivity contribution in [1.82, 2.24) is 4.98 Å². The molecular weight excluding hydrogens is 410 g/mol. The summed E-state index contributed by atoms with van der Waals surface area (Å²) in [6, 6.07) is 18.0. The number of thiazole rings is 1. The molecule has 0 aliphatic carbocycles. The lowest BCUT2D eigenvalue weighted by Gasteiger charge is -2.22. The van der Waals surface area contributed by atoms with Gasteiger partial charge in [-0.05, 0) is 18.2 Å². The molecule has 0 fully saturated rings. The maximum absolute atomic E-state index is 12.4. The van der Waals surface area contributed by atoms with Crippen molar-refractivity contribution in [3.8, 4) is 0 Å². The molecular formula is C20H19BrN3OS+. The average molecular weight is 429 g/mol. The van der Waals surface area contributed by atoms with Crippen LogP contribution < -0.4 is 10.2 Å². The van der Waals surface area contributed by atoms with Crippen LogP contribution in [0.25, 0.3) is 0 Å². The molecule has 0 saturated heterocycles. The minimum absolute atomic E-state index is 0.120. The minimum Gasteiger partial charge on any atom is -0.326 e. The summed E-state index contributed by atoms with van der Waals surface area (Å²) in [6.45, 7) is 3.07.